The van der Waals surface area contributed by atoms with Gasteiger partial charge in [-0.15, -0.1) is 0 Å². The van der Waals surface area contributed by atoms with Gasteiger partial charge in [0.2, 0.25) is 0 Å². The van der Waals surface area contributed by atoms with Gasteiger partial charge in [-0.1, -0.05) is 12.1 Å². The Morgan fingerprint density at radius 3 is 2.75 bits per heavy atom. The standard InChI is InChI=1S/C12H10INO2/c13-10-3-1-2-4-12(10)16-11-5-6-14-7-9(11)8-15/h1-7,15H,8H2. The van der Waals surface area contributed by atoms with Crippen LogP contribution in [0.5, 0.6) is 11.5 Å². The molecule has 0 spiro atoms. The molecule has 0 saturated heterocycles. The third-order valence-electron chi connectivity index (χ3n) is 2.09. The van der Waals surface area contributed by atoms with E-state index >= 15 is 0 Å². The highest BCUT2D eigenvalue weighted by atomic mass is 127. The van der Waals surface area contributed by atoms with E-state index in [1.165, 1.54) is 0 Å². The van der Waals surface area contributed by atoms with E-state index in [-0.39, 0.29) is 6.61 Å². The maximum absolute atomic E-state index is 9.14. The van der Waals surface area contributed by atoms with Gasteiger partial charge in [0, 0.05) is 18.0 Å². The second kappa shape index (κ2) is 5.27. The summed E-state index contributed by atoms with van der Waals surface area (Å²) in [6, 6.07) is 9.47. The molecule has 1 aromatic heterocycles. The predicted octanol–water partition coefficient (Wildman–Crippen LogP) is 2.97. The summed E-state index contributed by atoms with van der Waals surface area (Å²) in [5, 5.41) is 9.14. The van der Waals surface area contributed by atoms with Gasteiger partial charge in [0.25, 0.3) is 0 Å². The molecule has 3 nitrogen and oxygen atoms in total. The summed E-state index contributed by atoms with van der Waals surface area (Å²) in [6.45, 7) is -0.0768. The number of hydrogen-bond donors (Lipinski definition) is 1. The highest BCUT2D eigenvalue weighted by molar-refractivity contribution is 14.1. The van der Waals surface area contributed by atoms with Crippen molar-refractivity contribution < 1.29 is 9.84 Å². The van der Waals surface area contributed by atoms with E-state index < -0.39 is 0 Å². The first-order valence-corrected chi connectivity index (χ1v) is 5.85. The molecular formula is C12H10INO2. The Balaban J connectivity index is 2.30. The van der Waals surface area contributed by atoms with Crippen LogP contribution in [0.25, 0.3) is 0 Å². The minimum absolute atomic E-state index is 0.0768. The normalized spacial score (nSPS) is 10.1. The molecule has 0 unspecified atom stereocenters. The van der Waals surface area contributed by atoms with Crippen LogP contribution in [0.15, 0.2) is 42.7 Å². The van der Waals surface area contributed by atoms with Gasteiger partial charge < -0.3 is 9.84 Å². The molecule has 0 aliphatic carbocycles. The van der Waals surface area contributed by atoms with Crippen LogP contribution in [0.2, 0.25) is 0 Å². The van der Waals surface area contributed by atoms with Crippen molar-refractivity contribution >= 4 is 22.6 Å². The maximum Gasteiger partial charge on any atom is 0.140 e. The Morgan fingerprint density at radius 1 is 1.19 bits per heavy atom. The van der Waals surface area contributed by atoms with Crippen LogP contribution in [-0.2, 0) is 6.61 Å². The smallest absolute Gasteiger partial charge is 0.140 e. The average Bonchev–Trinajstić information content (AvgIpc) is 2.33. The van der Waals surface area contributed by atoms with Crippen molar-refractivity contribution in [2.24, 2.45) is 0 Å². The zero-order chi connectivity index (χ0) is 11.4. The lowest BCUT2D eigenvalue weighted by molar-refractivity contribution is 0.276. The Morgan fingerprint density at radius 2 is 2.00 bits per heavy atom. The van der Waals surface area contributed by atoms with Gasteiger partial charge in [-0.05, 0) is 40.8 Å². The molecule has 1 heterocycles. The Labute approximate surface area is 107 Å². The van der Waals surface area contributed by atoms with Crippen LogP contribution in [-0.4, -0.2) is 10.1 Å². The van der Waals surface area contributed by atoms with Gasteiger partial charge in [-0.25, -0.2) is 0 Å². The van der Waals surface area contributed by atoms with Crippen LogP contribution in [0.1, 0.15) is 5.56 Å². The Bertz CT molecular complexity index is 488. The van der Waals surface area contributed by atoms with Crippen LogP contribution in [0, 0.1) is 3.57 Å². The summed E-state index contributed by atoms with van der Waals surface area (Å²) >= 11 is 2.21. The molecule has 16 heavy (non-hydrogen) atoms. The molecule has 1 N–H and O–H groups in total. The maximum atomic E-state index is 9.14. The zero-order valence-corrected chi connectivity index (χ0v) is 10.6. The molecule has 1 aromatic carbocycles. The molecule has 82 valence electrons. The van der Waals surface area contributed by atoms with Gasteiger partial charge >= 0.3 is 0 Å². The van der Waals surface area contributed by atoms with E-state index in [0.717, 1.165) is 9.32 Å². The molecule has 0 bridgehead atoms. The van der Waals surface area contributed by atoms with Crippen molar-refractivity contribution in [3.63, 3.8) is 0 Å². The van der Waals surface area contributed by atoms with Crippen LogP contribution in [0.4, 0.5) is 0 Å². The number of nitrogens with zero attached hydrogens (tertiary/aromatic N) is 1. The largest absolute Gasteiger partial charge is 0.456 e. The summed E-state index contributed by atoms with van der Waals surface area (Å²) in [5.41, 5.74) is 0.683. The van der Waals surface area contributed by atoms with Crippen molar-refractivity contribution in [3.8, 4) is 11.5 Å². The highest BCUT2D eigenvalue weighted by Gasteiger charge is 2.05. The zero-order valence-electron chi connectivity index (χ0n) is 8.43. The van der Waals surface area contributed by atoms with Crippen molar-refractivity contribution in [2.75, 3.05) is 0 Å². The molecule has 2 rings (SSSR count). The minimum atomic E-state index is -0.0768. The van der Waals surface area contributed by atoms with Gasteiger partial charge in [-0.3, -0.25) is 4.98 Å². The number of ether oxygens (including phenoxy) is 1. The molecule has 0 fully saturated rings. The van der Waals surface area contributed by atoms with Crippen LogP contribution in [0.3, 0.4) is 0 Å². The SMILES string of the molecule is OCc1cnccc1Oc1ccccc1I. The quantitative estimate of drug-likeness (QED) is 0.882. The van der Waals surface area contributed by atoms with E-state index in [2.05, 4.69) is 27.6 Å². The van der Waals surface area contributed by atoms with Crippen LogP contribution >= 0.6 is 22.6 Å². The Kier molecular flexibility index (Phi) is 3.74. The second-order valence-corrected chi connectivity index (χ2v) is 4.34. The van der Waals surface area contributed by atoms with Crippen molar-refractivity contribution in [3.05, 3.63) is 51.9 Å². The van der Waals surface area contributed by atoms with E-state index in [4.69, 9.17) is 9.84 Å². The third kappa shape index (κ3) is 2.51. The van der Waals surface area contributed by atoms with Crippen molar-refractivity contribution in [1.82, 2.24) is 4.98 Å². The highest BCUT2D eigenvalue weighted by Crippen LogP contribution is 2.28. The monoisotopic (exact) mass is 327 g/mol. The molecule has 0 saturated carbocycles. The Hall–Kier alpha value is -1.14. The summed E-state index contributed by atoms with van der Waals surface area (Å²) in [6.07, 6.45) is 3.25. The number of benzene rings is 1. The molecule has 0 amide bonds. The lowest BCUT2D eigenvalue weighted by Crippen LogP contribution is -1.93. The van der Waals surface area contributed by atoms with Gasteiger partial charge in [0.1, 0.15) is 11.5 Å². The average molecular weight is 327 g/mol. The summed E-state index contributed by atoms with van der Waals surface area (Å²) < 4.78 is 6.75. The summed E-state index contributed by atoms with van der Waals surface area (Å²) in [5.74, 6) is 1.42. The molecule has 0 atom stereocenters. The fraction of sp³-hybridized carbons (Fsp3) is 0.0833. The lowest BCUT2D eigenvalue weighted by Gasteiger charge is -2.10. The number of para-hydroxylation sites is 1. The first kappa shape index (κ1) is 11.3. The van der Waals surface area contributed by atoms with Gasteiger partial charge in [-0.2, -0.15) is 0 Å². The number of aliphatic hydroxyl groups excluding tert-OH is 1. The molecule has 4 heteroatoms. The number of halogens is 1. The number of pyridine rings is 1. The topological polar surface area (TPSA) is 42.4 Å². The number of aromatic nitrogens is 1. The molecule has 0 aliphatic heterocycles. The van der Waals surface area contributed by atoms with E-state index in [0.29, 0.717) is 11.3 Å². The summed E-state index contributed by atoms with van der Waals surface area (Å²) in [7, 11) is 0. The van der Waals surface area contributed by atoms with E-state index in [1.54, 1.807) is 18.5 Å². The predicted molar refractivity (Wildman–Crippen MR) is 69.4 cm³/mol. The fourth-order valence-corrected chi connectivity index (χ4v) is 1.78. The second-order valence-electron chi connectivity index (χ2n) is 3.17. The van der Waals surface area contributed by atoms with Gasteiger partial charge in [0.15, 0.2) is 0 Å². The van der Waals surface area contributed by atoms with Crippen LogP contribution < -0.4 is 4.74 Å². The minimum Gasteiger partial charge on any atom is -0.456 e. The third-order valence-corrected chi connectivity index (χ3v) is 2.98. The molecular weight excluding hydrogens is 317 g/mol. The van der Waals surface area contributed by atoms with Gasteiger partial charge in [0.05, 0.1) is 10.2 Å². The first-order chi connectivity index (χ1) is 7.81. The number of aliphatic hydroxyl groups is 1. The fourth-order valence-electron chi connectivity index (χ4n) is 1.28. The van der Waals surface area contributed by atoms with E-state index in [9.17, 15) is 0 Å². The molecule has 0 aliphatic rings. The molecule has 0 radical (unpaired) electrons. The van der Waals surface area contributed by atoms with Crippen molar-refractivity contribution in [1.29, 1.82) is 0 Å². The first-order valence-electron chi connectivity index (χ1n) is 4.77. The molecule has 2 aromatic rings. The summed E-state index contributed by atoms with van der Waals surface area (Å²) in [4.78, 5) is 3.94. The van der Waals surface area contributed by atoms with Crippen molar-refractivity contribution in [2.45, 2.75) is 6.61 Å². The number of hydrogen-bond acceptors (Lipinski definition) is 3. The lowest BCUT2D eigenvalue weighted by atomic mass is 10.2. The number of rotatable bonds is 3. The van der Waals surface area contributed by atoms with E-state index in [1.807, 2.05) is 24.3 Å².